The maximum atomic E-state index is 11.3. The molecule has 0 spiro atoms. The number of amides is 3. The minimum absolute atomic E-state index is 0.509. The number of carbonyl (C=O) groups is 3. The zero-order valence-corrected chi connectivity index (χ0v) is 8.21. The molecule has 1 fully saturated rings. The van der Waals surface area contributed by atoms with E-state index in [2.05, 4.69) is 15.4 Å². The van der Waals surface area contributed by atoms with Gasteiger partial charge >= 0.3 is 12.0 Å². The summed E-state index contributed by atoms with van der Waals surface area (Å²) in [6.07, 6.45) is 0. The summed E-state index contributed by atoms with van der Waals surface area (Å²) >= 11 is 0. The highest BCUT2D eigenvalue weighted by Crippen LogP contribution is 2.24. The van der Waals surface area contributed by atoms with Crippen molar-refractivity contribution in [1.82, 2.24) is 10.6 Å². The molecule has 2 N–H and O–H groups in total. The summed E-state index contributed by atoms with van der Waals surface area (Å²) in [5.41, 5.74) is -1.06. The molecular weight excluding hydrogens is 188 g/mol. The quantitative estimate of drug-likeness (QED) is 0.460. The van der Waals surface area contributed by atoms with Gasteiger partial charge in [-0.2, -0.15) is 0 Å². The molecule has 78 valence electrons. The van der Waals surface area contributed by atoms with E-state index in [0.717, 1.165) is 0 Å². The van der Waals surface area contributed by atoms with Crippen LogP contribution in [0.1, 0.15) is 13.8 Å². The molecule has 0 aromatic heterocycles. The second kappa shape index (κ2) is 3.28. The van der Waals surface area contributed by atoms with Gasteiger partial charge in [0.15, 0.2) is 0 Å². The van der Waals surface area contributed by atoms with E-state index in [-0.39, 0.29) is 0 Å². The first-order chi connectivity index (χ1) is 6.39. The molecule has 1 atom stereocenters. The van der Waals surface area contributed by atoms with E-state index in [1.54, 1.807) is 0 Å². The zero-order chi connectivity index (χ0) is 10.9. The van der Waals surface area contributed by atoms with Crippen molar-refractivity contribution in [3.8, 4) is 0 Å². The molecule has 1 saturated heterocycles. The third kappa shape index (κ3) is 1.55. The van der Waals surface area contributed by atoms with Gasteiger partial charge in [-0.1, -0.05) is 0 Å². The lowest BCUT2D eigenvalue weighted by atomic mass is 9.84. The molecule has 1 heterocycles. The zero-order valence-electron chi connectivity index (χ0n) is 8.21. The van der Waals surface area contributed by atoms with Crippen LogP contribution in [0.3, 0.4) is 0 Å². The van der Waals surface area contributed by atoms with E-state index >= 15 is 0 Å². The van der Waals surface area contributed by atoms with Gasteiger partial charge in [-0.25, -0.2) is 4.79 Å². The molecule has 0 unspecified atom stereocenters. The van der Waals surface area contributed by atoms with Crippen molar-refractivity contribution in [3.63, 3.8) is 0 Å². The highest BCUT2D eigenvalue weighted by Gasteiger charge is 2.47. The Bertz CT molecular complexity index is 298. The van der Waals surface area contributed by atoms with Crippen molar-refractivity contribution < 1.29 is 19.1 Å². The van der Waals surface area contributed by atoms with Crippen LogP contribution in [-0.2, 0) is 14.3 Å². The van der Waals surface area contributed by atoms with E-state index in [9.17, 15) is 14.4 Å². The van der Waals surface area contributed by atoms with Crippen LogP contribution in [0, 0.1) is 5.41 Å². The van der Waals surface area contributed by atoms with Crippen LogP contribution >= 0.6 is 0 Å². The van der Waals surface area contributed by atoms with E-state index in [4.69, 9.17) is 0 Å². The molecule has 6 heteroatoms. The number of rotatable bonds is 2. The van der Waals surface area contributed by atoms with Crippen LogP contribution in [0.5, 0.6) is 0 Å². The van der Waals surface area contributed by atoms with Crippen LogP contribution in [0.4, 0.5) is 4.79 Å². The SMILES string of the molecule is COC(=O)C(C)(C)[C@H]1NC(=O)NC1=O. The molecule has 0 bridgehead atoms. The molecule has 0 aromatic carbocycles. The summed E-state index contributed by atoms with van der Waals surface area (Å²) in [7, 11) is 1.23. The first kappa shape index (κ1) is 10.5. The Morgan fingerprint density at radius 3 is 2.36 bits per heavy atom. The minimum atomic E-state index is -1.06. The largest absolute Gasteiger partial charge is 0.469 e. The molecule has 0 aliphatic carbocycles. The standard InChI is InChI=1S/C8H12N2O4/c1-8(2,6(12)14-3)4-5(11)10-7(13)9-4/h4H,1-3H3,(H2,9,10,11,13)/t4-/m0/s1. The highest BCUT2D eigenvalue weighted by atomic mass is 16.5. The predicted octanol–water partition coefficient (Wildman–Crippen LogP) is -0.606. The second-order valence-corrected chi connectivity index (χ2v) is 3.61. The summed E-state index contributed by atoms with van der Waals surface area (Å²) in [5, 5.41) is 4.41. The van der Waals surface area contributed by atoms with Gasteiger partial charge in [0.25, 0.3) is 5.91 Å². The van der Waals surface area contributed by atoms with Gasteiger partial charge in [-0.3, -0.25) is 14.9 Å². The fourth-order valence-electron chi connectivity index (χ4n) is 1.31. The lowest BCUT2D eigenvalue weighted by Gasteiger charge is -2.25. The molecule has 6 nitrogen and oxygen atoms in total. The molecular formula is C8H12N2O4. The molecule has 3 amide bonds. The number of ether oxygens (including phenoxy) is 1. The maximum Gasteiger partial charge on any atom is 0.322 e. The highest BCUT2D eigenvalue weighted by molar-refractivity contribution is 6.06. The van der Waals surface area contributed by atoms with Crippen molar-refractivity contribution in [1.29, 1.82) is 0 Å². The summed E-state index contributed by atoms with van der Waals surface area (Å²) in [6, 6.07) is -1.46. The average molecular weight is 200 g/mol. The monoisotopic (exact) mass is 200 g/mol. The third-order valence-electron chi connectivity index (χ3n) is 2.21. The Kier molecular flexibility index (Phi) is 2.46. The molecule has 14 heavy (non-hydrogen) atoms. The number of methoxy groups -OCH3 is 1. The summed E-state index contributed by atoms with van der Waals surface area (Å²) in [5.74, 6) is -1.05. The number of imide groups is 1. The third-order valence-corrected chi connectivity index (χ3v) is 2.21. The molecule has 1 aliphatic heterocycles. The van der Waals surface area contributed by atoms with Crippen LogP contribution in [0.25, 0.3) is 0 Å². The van der Waals surface area contributed by atoms with Crippen molar-refractivity contribution in [3.05, 3.63) is 0 Å². The van der Waals surface area contributed by atoms with Gasteiger partial charge in [0.2, 0.25) is 0 Å². The fourth-order valence-corrected chi connectivity index (χ4v) is 1.31. The van der Waals surface area contributed by atoms with Gasteiger partial charge in [-0.15, -0.1) is 0 Å². The Balaban J connectivity index is 2.87. The minimum Gasteiger partial charge on any atom is -0.469 e. The van der Waals surface area contributed by atoms with Gasteiger partial charge in [0.1, 0.15) is 6.04 Å². The normalized spacial score (nSPS) is 21.5. The van der Waals surface area contributed by atoms with Gasteiger partial charge in [-0.05, 0) is 13.8 Å². The summed E-state index contributed by atoms with van der Waals surface area (Å²) < 4.78 is 4.54. The Labute approximate surface area is 81.0 Å². The van der Waals surface area contributed by atoms with Crippen molar-refractivity contribution in [2.45, 2.75) is 19.9 Å². The Hall–Kier alpha value is -1.59. The number of nitrogens with one attached hydrogen (secondary N) is 2. The van der Waals surface area contributed by atoms with Crippen LogP contribution in [-0.4, -0.2) is 31.1 Å². The fraction of sp³-hybridized carbons (Fsp3) is 0.625. The topological polar surface area (TPSA) is 84.5 Å². The van der Waals surface area contributed by atoms with E-state index in [1.165, 1.54) is 21.0 Å². The maximum absolute atomic E-state index is 11.3. The van der Waals surface area contributed by atoms with Crippen molar-refractivity contribution >= 4 is 17.9 Å². The molecule has 0 saturated carbocycles. The van der Waals surface area contributed by atoms with Gasteiger partial charge in [0, 0.05) is 0 Å². The lowest BCUT2D eigenvalue weighted by molar-refractivity contribution is -0.154. The first-order valence-corrected chi connectivity index (χ1v) is 4.09. The lowest BCUT2D eigenvalue weighted by Crippen LogP contribution is -2.48. The van der Waals surface area contributed by atoms with Gasteiger partial charge < -0.3 is 10.1 Å². The second-order valence-electron chi connectivity index (χ2n) is 3.61. The van der Waals surface area contributed by atoms with E-state index in [1.807, 2.05) is 0 Å². The molecule has 0 aromatic rings. The number of hydrogen-bond donors (Lipinski definition) is 2. The first-order valence-electron chi connectivity index (χ1n) is 4.09. The molecule has 0 radical (unpaired) electrons. The Morgan fingerprint density at radius 1 is 1.43 bits per heavy atom. The Morgan fingerprint density at radius 2 is 2.00 bits per heavy atom. The van der Waals surface area contributed by atoms with E-state index < -0.39 is 29.4 Å². The molecule has 1 rings (SSSR count). The summed E-state index contributed by atoms with van der Waals surface area (Å²) in [4.78, 5) is 33.4. The van der Waals surface area contributed by atoms with Gasteiger partial charge in [0.05, 0.1) is 12.5 Å². The van der Waals surface area contributed by atoms with Crippen LogP contribution in [0.2, 0.25) is 0 Å². The smallest absolute Gasteiger partial charge is 0.322 e. The number of carbonyl (C=O) groups excluding carboxylic acids is 3. The summed E-state index contributed by atoms with van der Waals surface area (Å²) in [6.45, 7) is 3.07. The van der Waals surface area contributed by atoms with Crippen LogP contribution < -0.4 is 10.6 Å². The molecule has 1 aliphatic rings. The number of esters is 1. The number of urea groups is 1. The average Bonchev–Trinajstić information content (AvgIpc) is 2.44. The van der Waals surface area contributed by atoms with Crippen LogP contribution in [0.15, 0.2) is 0 Å². The van der Waals surface area contributed by atoms with Crippen molar-refractivity contribution in [2.24, 2.45) is 5.41 Å². The van der Waals surface area contributed by atoms with Crippen molar-refractivity contribution in [2.75, 3.05) is 7.11 Å². The predicted molar refractivity (Wildman–Crippen MR) is 46.3 cm³/mol. The van der Waals surface area contributed by atoms with E-state index in [0.29, 0.717) is 0 Å². The number of hydrogen-bond acceptors (Lipinski definition) is 4.